The number of nitrogens with zero attached hydrogens (tertiary/aromatic N) is 1. The second-order valence-corrected chi connectivity index (χ2v) is 5.83. The molecule has 0 bridgehead atoms. The molecule has 114 valence electrons. The highest BCUT2D eigenvalue weighted by Crippen LogP contribution is 2.31. The van der Waals surface area contributed by atoms with Gasteiger partial charge in [0, 0.05) is 30.2 Å². The molecule has 1 aromatic heterocycles. The van der Waals surface area contributed by atoms with E-state index < -0.39 is 0 Å². The summed E-state index contributed by atoms with van der Waals surface area (Å²) in [6.07, 6.45) is 0.990. The van der Waals surface area contributed by atoms with Gasteiger partial charge in [-0.2, -0.15) is 0 Å². The van der Waals surface area contributed by atoms with Gasteiger partial charge in [-0.1, -0.05) is 0 Å². The van der Waals surface area contributed by atoms with Crippen molar-refractivity contribution in [2.24, 2.45) is 0 Å². The van der Waals surface area contributed by atoms with Crippen LogP contribution in [0.1, 0.15) is 18.2 Å². The maximum atomic E-state index is 5.32. The van der Waals surface area contributed by atoms with Crippen molar-refractivity contribution in [2.75, 3.05) is 32.2 Å². The molecule has 0 saturated carbocycles. The summed E-state index contributed by atoms with van der Waals surface area (Å²) in [5.41, 5.74) is 2.15. The predicted molar refractivity (Wildman–Crippen MR) is 88.4 cm³/mol. The highest BCUT2D eigenvalue weighted by atomic mass is 32.1. The first kappa shape index (κ1) is 15.8. The summed E-state index contributed by atoms with van der Waals surface area (Å²) in [6, 6.07) is 8.01. The normalized spacial score (nSPS) is 10.6. The Bertz CT molecular complexity index is 552. The monoisotopic (exact) mass is 306 g/mol. The molecule has 0 amide bonds. The molecule has 21 heavy (non-hydrogen) atoms. The lowest BCUT2D eigenvalue weighted by atomic mass is 10.1. The highest BCUT2D eigenvalue weighted by molar-refractivity contribution is 7.16. The zero-order valence-corrected chi connectivity index (χ0v) is 13.6. The van der Waals surface area contributed by atoms with Gasteiger partial charge in [0.15, 0.2) is 5.13 Å². The average molecular weight is 306 g/mol. The van der Waals surface area contributed by atoms with Gasteiger partial charge < -0.3 is 14.8 Å². The van der Waals surface area contributed by atoms with Crippen molar-refractivity contribution < 1.29 is 9.47 Å². The third kappa shape index (κ3) is 4.44. The van der Waals surface area contributed by atoms with E-state index in [0.717, 1.165) is 48.3 Å². The topological polar surface area (TPSA) is 43.4 Å². The van der Waals surface area contributed by atoms with Crippen LogP contribution in [0.4, 0.5) is 5.13 Å². The summed E-state index contributed by atoms with van der Waals surface area (Å²) in [6.45, 7) is 6.56. The number of nitrogens with one attached hydrogen (secondary N) is 1. The van der Waals surface area contributed by atoms with Crippen LogP contribution in [0.2, 0.25) is 0 Å². The van der Waals surface area contributed by atoms with Crippen molar-refractivity contribution in [3.63, 3.8) is 0 Å². The SMILES string of the molecule is CCOCCCNc1nc(-c2ccc(OC)cc2)c(C)s1. The summed E-state index contributed by atoms with van der Waals surface area (Å²) in [7, 11) is 1.67. The molecule has 1 N–H and O–H groups in total. The Labute approximate surface area is 130 Å². The Hall–Kier alpha value is -1.59. The molecule has 0 radical (unpaired) electrons. The molecule has 0 unspecified atom stereocenters. The van der Waals surface area contributed by atoms with E-state index in [4.69, 9.17) is 9.47 Å². The Balaban J connectivity index is 1.97. The number of hydrogen-bond acceptors (Lipinski definition) is 5. The number of ether oxygens (including phenoxy) is 2. The molecule has 2 rings (SSSR count). The quantitative estimate of drug-likeness (QED) is 0.750. The first-order valence-corrected chi connectivity index (χ1v) is 7.99. The molecule has 0 aliphatic rings. The Kier molecular flexibility index (Phi) is 6.02. The molecule has 0 aliphatic heterocycles. The van der Waals surface area contributed by atoms with Crippen molar-refractivity contribution in [1.82, 2.24) is 4.98 Å². The number of benzene rings is 1. The number of anilines is 1. The second-order valence-electron chi connectivity index (χ2n) is 4.63. The second kappa shape index (κ2) is 8.00. The van der Waals surface area contributed by atoms with Crippen LogP contribution in [0.5, 0.6) is 5.75 Å². The van der Waals surface area contributed by atoms with Crippen LogP contribution in [-0.4, -0.2) is 31.9 Å². The molecule has 1 heterocycles. The fraction of sp³-hybridized carbons (Fsp3) is 0.438. The van der Waals surface area contributed by atoms with Gasteiger partial charge in [0.1, 0.15) is 5.75 Å². The molecule has 4 nitrogen and oxygen atoms in total. The van der Waals surface area contributed by atoms with Crippen LogP contribution in [0.25, 0.3) is 11.3 Å². The number of hydrogen-bond donors (Lipinski definition) is 1. The molecule has 0 spiro atoms. The number of aromatic nitrogens is 1. The van der Waals surface area contributed by atoms with Crippen LogP contribution in [0.15, 0.2) is 24.3 Å². The third-order valence-corrected chi connectivity index (χ3v) is 4.03. The molecule has 0 saturated heterocycles. The summed E-state index contributed by atoms with van der Waals surface area (Å²) in [5.74, 6) is 0.862. The van der Waals surface area contributed by atoms with Crippen LogP contribution in [0.3, 0.4) is 0 Å². The van der Waals surface area contributed by atoms with Gasteiger partial charge in [-0.15, -0.1) is 11.3 Å². The number of methoxy groups -OCH3 is 1. The molecule has 1 aromatic carbocycles. The standard InChI is InChI=1S/C16H22N2O2S/c1-4-20-11-5-10-17-16-18-15(12(2)21-16)13-6-8-14(19-3)9-7-13/h6-9H,4-5,10-11H2,1-3H3,(H,17,18). The minimum Gasteiger partial charge on any atom is -0.497 e. The van der Waals surface area contributed by atoms with E-state index in [2.05, 4.69) is 17.2 Å². The van der Waals surface area contributed by atoms with Crippen LogP contribution in [-0.2, 0) is 4.74 Å². The van der Waals surface area contributed by atoms with Gasteiger partial charge in [-0.3, -0.25) is 0 Å². The van der Waals surface area contributed by atoms with Crippen molar-refractivity contribution >= 4 is 16.5 Å². The Morgan fingerprint density at radius 2 is 2.00 bits per heavy atom. The summed E-state index contributed by atoms with van der Waals surface area (Å²) < 4.78 is 10.5. The Morgan fingerprint density at radius 1 is 1.24 bits per heavy atom. The fourth-order valence-electron chi connectivity index (χ4n) is 2.00. The van der Waals surface area contributed by atoms with Crippen molar-refractivity contribution in [2.45, 2.75) is 20.3 Å². The summed E-state index contributed by atoms with van der Waals surface area (Å²) >= 11 is 1.69. The highest BCUT2D eigenvalue weighted by Gasteiger charge is 2.09. The van der Waals surface area contributed by atoms with Gasteiger partial charge in [-0.05, 0) is 44.5 Å². The van der Waals surface area contributed by atoms with E-state index in [1.807, 2.05) is 31.2 Å². The molecule has 0 fully saturated rings. The minimum atomic E-state index is 0.776. The molecule has 5 heteroatoms. The lowest BCUT2D eigenvalue weighted by molar-refractivity contribution is 0.147. The maximum Gasteiger partial charge on any atom is 0.183 e. The average Bonchev–Trinajstić information content (AvgIpc) is 2.88. The van der Waals surface area contributed by atoms with Crippen LogP contribution >= 0.6 is 11.3 Å². The van der Waals surface area contributed by atoms with Crippen molar-refractivity contribution in [1.29, 1.82) is 0 Å². The Morgan fingerprint density at radius 3 is 2.67 bits per heavy atom. The molecular weight excluding hydrogens is 284 g/mol. The van der Waals surface area contributed by atoms with Gasteiger partial charge >= 0.3 is 0 Å². The van der Waals surface area contributed by atoms with E-state index >= 15 is 0 Å². The third-order valence-electron chi connectivity index (χ3n) is 3.11. The molecule has 0 aliphatic carbocycles. The smallest absolute Gasteiger partial charge is 0.183 e. The molecule has 0 atom stereocenters. The predicted octanol–water partition coefficient (Wildman–Crippen LogP) is 3.97. The van der Waals surface area contributed by atoms with E-state index in [1.54, 1.807) is 18.4 Å². The van der Waals surface area contributed by atoms with E-state index in [9.17, 15) is 0 Å². The number of aryl methyl sites for hydroxylation is 1. The summed E-state index contributed by atoms with van der Waals surface area (Å²) in [5, 5.41) is 4.33. The van der Waals surface area contributed by atoms with Gasteiger partial charge in [0.05, 0.1) is 12.8 Å². The number of rotatable bonds is 8. The fourth-order valence-corrected chi connectivity index (χ4v) is 2.86. The zero-order valence-electron chi connectivity index (χ0n) is 12.8. The van der Waals surface area contributed by atoms with Crippen LogP contribution in [0, 0.1) is 6.92 Å². The van der Waals surface area contributed by atoms with Gasteiger partial charge in [-0.25, -0.2) is 4.98 Å². The van der Waals surface area contributed by atoms with E-state index in [1.165, 1.54) is 4.88 Å². The van der Waals surface area contributed by atoms with E-state index in [-0.39, 0.29) is 0 Å². The van der Waals surface area contributed by atoms with Gasteiger partial charge in [0.25, 0.3) is 0 Å². The van der Waals surface area contributed by atoms with E-state index in [0.29, 0.717) is 0 Å². The lowest BCUT2D eigenvalue weighted by Gasteiger charge is -2.03. The minimum absolute atomic E-state index is 0.776. The first-order valence-electron chi connectivity index (χ1n) is 7.18. The summed E-state index contributed by atoms with van der Waals surface area (Å²) in [4.78, 5) is 5.89. The lowest BCUT2D eigenvalue weighted by Crippen LogP contribution is -2.05. The van der Waals surface area contributed by atoms with Gasteiger partial charge in [0.2, 0.25) is 0 Å². The van der Waals surface area contributed by atoms with Crippen LogP contribution < -0.4 is 10.1 Å². The molecular formula is C16H22N2O2S. The largest absolute Gasteiger partial charge is 0.497 e. The zero-order chi connectivity index (χ0) is 15.1. The number of thiazole rings is 1. The maximum absolute atomic E-state index is 5.32. The van der Waals surface area contributed by atoms with Crippen molar-refractivity contribution in [3.8, 4) is 17.0 Å². The molecule has 2 aromatic rings. The first-order chi connectivity index (χ1) is 10.2. The van der Waals surface area contributed by atoms with Crippen molar-refractivity contribution in [3.05, 3.63) is 29.1 Å².